The van der Waals surface area contributed by atoms with E-state index < -0.39 is 15.8 Å². The molecule has 7 nitrogen and oxygen atoms in total. The summed E-state index contributed by atoms with van der Waals surface area (Å²) in [5, 5.41) is 14.4. The molecule has 1 heterocycles. The highest BCUT2D eigenvalue weighted by Gasteiger charge is 2.25. The van der Waals surface area contributed by atoms with Crippen LogP contribution < -0.4 is 0 Å². The molecule has 0 fully saturated rings. The monoisotopic (exact) mass is 267 g/mol. The predicted octanol–water partition coefficient (Wildman–Crippen LogP) is 0.644. The molecule has 94 valence electrons. The van der Waals surface area contributed by atoms with Gasteiger partial charge in [0, 0.05) is 0 Å². The first-order chi connectivity index (χ1) is 8.44. The molecule has 0 atom stereocenters. The second-order valence-electron chi connectivity index (χ2n) is 3.53. The molecule has 18 heavy (non-hydrogen) atoms. The van der Waals surface area contributed by atoms with Crippen molar-refractivity contribution in [3.63, 3.8) is 0 Å². The molecule has 8 heteroatoms. The Hall–Kier alpha value is -2.22. The van der Waals surface area contributed by atoms with Crippen LogP contribution in [0.3, 0.4) is 0 Å². The van der Waals surface area contributed by atoms with Crippen LogP contribution in [0.15, 0.2) is 34.6 Å². The molecule has 2 aromatic rings. The number of rotatable bonds is 3. The molecule has 0 aliphatic heterocycles. The maximum absolute atomic E-state index is 12.2. The normalized spacial score (nSPS) is 11.4. The summed E-state index contributed by atoms with van der Waals surface area (Å²) in [6.45, 7) is 1.44. The van der Waals surface area contributed by atoms with Gasteiger partial charge in [0.25, 0.3) is 0 Å². The van der Waals surface area contributed by atoms with Gasteiger partial charge in [-0.1, -0.05) is 6.07 Å². The van der Waals surface area contributed by atoms with Crippen molar-refractivity contribution in [1.82, 2.24) is 15.2 Å². The number of carboxylic acids is 1. The third kappa shape index (κ3) is 1.86. The summed E-state index contributed by atoms with van der Waals surface area (Å²) in [5.74, 6) is -1.18. The number of aromatic nitrogens is 3. The number of H-pyrrole nitrogens is 1. The highest BCUT2D eigenvalue weighted by Crippen LogP contribution is 2.23. The van der Waals surface area contributed by atoms with E-state index in [0.29, 0.717) is 0 Å². The first-order valence-corrected chi connectivity index (χ1v) is 6.36. The molecule has 0 unspecified atom stereocenters. The number of aromatic carboxylic acids is 1. The fraction of sp³-hybridized carbons (Fsp3) is 0.100. The molecule has 0 amide bonds. The first-order valence-electron chi connectivity index (χ1n) is 4.88. The summed E-state index contributed by atoms with van der Waals surface area (Å²) in [4.78, 5) is 14.4. The Morgan fingerprint density at radius 2 is 2.11 bits per heavy atom. The maximum Gasteiger partial charge on any atom is 0.335 e. The molecule has 0 bridgehead atoms. The van der Waals surface area contributed by atoms with Crippen molar-refractivity contribution in [2.45, 2.75) is 17.0 Å². The van der Waals surface area contributed by atoms with Crippen molar-refractivity contribution in [3.8, 4) is 0 Å². The van der Waals surface area contributed by atoms with Gasteiger partial charge in [-0.2, -0.15) is 5.10 Å². The number of nitrogens with zero attached hydrogens (tertiary/aromatic N) is 2. The number of nitrogens with one attached hydrogen (secondary N) is 1. The average Bonchev–Trinajstić information content (AvgIpc) is 2.82. The van der Waals surface area contributed by atoms with Gasteiger partial charge in [0.1, 0.15) is 6.33 Å². The highest BCUT2D eigenvalue weighted by molar-refractivity contribution is 7.91. The van der Waals surface area contributed by atoms with E-state index in [2.05, 4.69) is 15.2 Å². The van der Waals surface area contributed by atoms with Crippen LogP contribution in [-0.2, 0) is 9.84 Å². The fourth-order valence-corrected chi connectivity index (χ4v) is 2.90. The lowest BCUT2D eigenvalue weighted by molar-refractivity contribution is 0.0696. The van der Waals surface area contributed by atoms with Crippen LogP contribution in [0, 0.1) is 6.92 Å². The number of sulfone groups is 1. The van der Waals surface area contributed by atoms with Crippen molar-refractivity contribution >= 4 is 15.8 Å². The van der Waals surface area contributed by atoms with E-state index in [-0.39, 0.29) is 21.2 Å². The lowest BCUT2D eigenvalue weighted by Crippen LogP contribution is -2.09. The Balaban J connectivity index is 2.67. The van der Waals surface area contributed by atoms with E-state index in [9.17, 15) is 13.2 Å². The lowest BCUT2D eigenvalue weighted by Gasteiger charge is -2.07. The van der Waals surface area contributed by atoms with E-state index in [4.69, 9.17) is 5.11 Å². The molecular weight excluding hydrogens is 258 g/mol. The fourth-order valence-electron chi connectivity index (χ4n) is 1.57. The topological polar surface area (TPSA) is 113 Å². The van der Waals surface area contributed by atoms with Gasteiger partial charge in [0.05, 0.1) is 10.5 Å². The standard InChI is InChI=1S/C10H9N3O4S/c1-6-7(9(14)15)3-2-4-8(6)18(16,17)10-11-5-12-13-10/h2-5H,1H3,(H,14,15)(H,11,12,13). The van der Waals surface area contributed by atoms with Crippen LogP contribution in [-0.4, -0.2) is 34.7 Å². The third-order valence-corrected chi connectivity index (χ3v) is 4.18. The Kier molecular flexibility index (Phi) is 2.87. The molecular formula is C10H9N3O4S. The summed E-state index contributed by atoms with van der Waals surface area (Å²) in [7, 11) is -3.87. The minimum Gasteiger partial charge on any atom is -0.478 e. The Bertz CT molecular complexity index is 692. The number of aromatic amines is 1. The van der Waals surface area contributed by atoms with Crippen molar-refractivity contribution < 1.29 is 18.3 Å². The zero-order chi connectivity index (χ0) is 13.3. The first kappa shape index (κ1) is 12.2. The molecule has 0 aliphatic carbocycles. The second kappa shape index (κ2) is 4.22. The minimum atomic E-state index is -3.87. The van der Waals surface area contributed by atoms with Crippen LogP contribution >= 0.6 is 0 Å². The summed E-state index contributed by atoms with van der Waals surface area (Å²) < 4.78 is 24.3. The van der Waals surface area contributed by atoms with Gasteiger partial charge in [0.15, 0.2) is 0 Å². The van der Waals surface area contributed by atoms with Gasteiger partial charge < -0.3 is 5.11 Å². The zero-order valence-corrected chi connectivity index (χ0v) is 10.1. The lowest BCUT2D eigenvalue weighted by atomic mass is 10.1. The molecule has 2 N–H and O–H groups in total. The molecule has 0 saturated heterocycles. The number of benzene rings is 1. The van der Waals surface area contributed by atoms with Crippen molar-refractivity contribution in [1.29, 1.82) is 0 Å². The second-order valence-corrected chi connectivity index (χ2v) is 5.36. The van der Waals surface area contributed by atoms with Gasteiger partial charge in [-0.3, -0.25) is 0 Å². The summed E-state index contributed by atoms with van der Waals surface area (Å²) >= 11 is 0. The molecule has 1 aromatic carbocycles. The van der Waals surface area contributed by atoms with Gasteiger partial charge >= 0.3 is 5.97 Å². The smallest absolute Gasteiger partial charge is 0.335 e. The summed E-state index contributed by atoms with van der Waals surface area (Å²) in [6, 6.07) is 4.05. The highest BCUT2D eigenvalue weighted by atomic mass is 32.2. The third-order valence-electron chi connectivity index (χ3n) is 2.45. The maximum atomic E-state index is 12.2. The Morgan fingerprint density at radius 3 is 2.67 bits per heavy atom. The molecule has 0 aliphatic rings. The van der Waals surface area contributed by atoms with E-state index in [1.807, 2.05) is 0 Å². The van der Waals surface area contributed by atoms with E-state index >= 15 is 0 Å². The Labute approximate surface area is 102 Å². The van der Waals surface area contributed by atoms with Crippen LogP contribution in [0.5, 0.6) is 0 Å². The van der Waals surface area contributed by atoms with Crippen molar-refractivity contribution in [2.24, 2.45) is 0 Å². The average molecular weight is 267 g/mol. The van der Waals surface area contributed by atoms with Crippen LogP contribution in [0.2, 0.25) is 0 Å². The number of carbonyl (C=O) groups is 1. The molecule has 0 spiro atoms. The summed E-state index contributed by atoms with van der Waals surface area (Å²) in [6.07, 6.45) is 1.07. The Morgan fingerprint density at radius 1 is 1.39 bits per heavy atom. The van der Waals surface area contributed by atoms with Crippen LogP contribution in [0.4, 0.5) is 0 Å². The molecule has 2 rings (SSSR count). The van der Waals surface area contributed by atoms with Crippen molar-refractivity contribution in [2.75, 3.05) is 0 Å². The van der Waals surface area contributed by atoms with Crippen LogP contribution in [0.25, 0.3) is 0 Å². The number of hydrogen-bond acceptors (Lipinski definition) is 5. The van der Waals surface area contributed by atoms with Crippen LogP contribution in [0.1, 0.15) is 15.9 Å². The van der Waals surface area contributed by atoms with Gasteiger partial charge in [0.2, 0.25) is 15.0 Å². The van der Waals surface area contributed by atoms with Crippen molar-refractivity contribution in [3.05, 3.63) is 35.7 Å². The SMILES string of the molecule is Cc1c(C(=O)O)cccc1S(=O)(=O)c1ncn[nH]1. The van der Waals surface area contributed by atoms with E-state index in [1.165, 1.54) is 25.1 Å². The molecule has 0 saturated carbocycles. The molecule has 1 aromatic heterocycles. The van der Waals surface area contributed by atoms with E-state index in [1.54, 1.807) is 0 Å². The van der Waals surface area contributed by atoms with Gasteiger partial charge in [-0.25, -0.2) is 23.3 Å². The van der Waals surface area contributed by atoms with E-state index in [0.717, 1.165) is 6.33 Å². The predicted molar refractivity (Wildman–Crippen MR) is 60.0 cm³/mol. The number of carboxylic acid groups (broad SMARTS) is 1. The molecule has 0 radical (unpaired) electrons. The minimum absolute atomic E-state index is 0.0596. The van der Waals surface area contributed by atoms with Gasteiger partial charge in [-0.15, -0.1) is 0 Å². The zero-order valence-electron chi connectivity index (χ0n) is 9.28. The quantitative estimate of drug-likeness (QED) is 0.843. The largest absolute Gasteiger partial charge is 0.478 e. The summed E-state index contributed by atoms with van der Waals surface area (Å²) in [5.41, 5.74) is 0.108. The van der Waals surface area contributed by atoms with Gasteiger partial charge in [-0.05, 0) is 24.6 Å². The number of hydrogen-bond donors (Lipinski definition) is 2.